The smallest absolute Gasteiger partial charge is 0.223 e. The van der Waals surface area contributed by atoms with Crippen molar-refractivity contribution in [1.29, 1.82) is 0 Å². The summed E-state index contributed by atoms with van der Waals surface area (Å²) in [5, 5.41) is 3.03. The van der Waals surface area contributed by atoms with Crippen LogP contribution in [-0.2, 0) is 43.6 Å². The summed E-state index contributed by atoms with van der Waals surface area (Å²) in [5.41, 5.74) is 3.08. The fraction of sp³-hybridized carbons (Fsp3) is 0.286. The molecule has 7 heteroatoms. The Bertz CT molecular complexity index is 1340. The average Bonchev–Trinajstić information content (AvgIpc) is 3.02. The molecule has 0 radical (unpaired) electrons. The predicted molar refractivity (Wildman–Crippen MR) is 159 cm³/mol. The molecule has 1 amide bonds. The van der Waals surface area contributed by atoms with Crippen LogP contribution in [0.3, 0.4) is 0 Å². The van der Waals surface area contributed by atoms with Gasteiger partial charge >= 0.3 is 0 Å². The zero-order chi connectivity index (χ0) is 29.0. The molecule has 5 rings (SSSR count). The standard InChI is InChI=1S/C35H37NO6/c1-26(37)36-32-34(40-24-29-18-10-4-11-19-29)33(39-23-28-16-8-3-9-17-28)31(25-38-22-27-14-6-2-7-15-27)42-35(32)41-30-20-12-5-13-21-30/h2-21,31-35H,22-25H2,1H3,(H,36,37)/t31-,32-,33+,34-,35+/m1/s1. The van der Waals surface area contributed by atoms with Gasteiger partial charge in [-0.1, -0.05) is 109 Å². The maximum absolute atomic E-state index is 12.5. The van der Waals surface area contributed by atoms with Gasteiger partial charge in [0.1, 0.15) is 30.1 Å². The van der Waals surface area contributed by atoms with Crippen LogP contribution in [0.4, 0.5) is 0 Å². The van der Waals surface area contributed by atoms with Crippen LogP contribution in [0.1, 0.15) is 23.6 Å². The van der Waals surface area contributed by atoms with Crippen molar-refractivity contribution in [2.24, 2.45) is 0 Å². The summed E-state index contributed by atoms with van der Waals surface area (Å²) in [6.45, 7) is 2.79. The van der Waals surface area contributed by atoms with Crippen LogP contribution in [0.15, 0.2) is 121 Å². The quantitative estimate of drug-likeness (QED) is 0.224. The third-order valence-corrected chi connectivity index (χ3v) is 6.98. The van der Waals surface area contributed by atoms with Crippen molar-refractivity contribution in [2.75, 3.05) is 6.61 Å². The van der Waals surface area contributed by atoms with Gasteiger partial charge in [-0.3, -0.25) is 4.79 Å². The number of rotatable bonds is 13. The Kier molecular flexibility index (Phi) is 10.7. The molecule has 4 aromatic rings. The monoisotopic (exact) mass is 567 g/mol. The molecule has 7 nitrogen and oxygen atoms in total. The second-order valence-corrected chi connectivity index (χ2v) is 10.2. The molecule has 5 atom stereocenters. The lowest BCUT2D eigenvalue weighted by atomic mass is 9.95. The molecule has 1 aliphatic rings. The van der Waals surface area contributed by atoms with Crippen LogP contribution in [0.2, 0.25) is 0 Å². The minimum Gasteiger partial charge on any atom is -0.463 e. The Morgan fingerprint density at radius 1 is 0.667 bits per heavy atom. The number of hydrogen-bond acceptors (Lipinski definition) is 6. The maximum Gasteiger partial charge on any atom is 0.223 e. The Morgan fingerprint density at radius 2 is 1.14 bits per heavy atom. The molecule has 4 aromatic carbocycles. The van der Waals surface area contributed by atoms with Crippen molar-refractivity contribution < 1.29 is 28.5 Å². The lowest BCUT2D eigenvalue weighted by Gasteiger charge is -2.46. The highest BCUT2D eigenvalue weighted by molar-refractivity contribution is 5.73. The minimum atomic E-state index is -0.848. The van der Waals surface area contributed by atoms with Crippen molar-refractivity contribution in [3.63, 3.8) is 0 Å². The number of hydrogen-bond donors (Lipinski definition) is 1. The first-order chi connectivity index (χ1) is 20.7. The van der Waals surface area contributed by atoms with Gasteiger partial charge in [-0.2, -0.15) is 0 Å². The largest absolute Gasteiger partial charge is 0.463 e. The van der Waals surface area contributed by atoms with Crippen molar-refractivity contribution in [1.82, 2.24) is 5.32 Å². The van der Waals surface area contributed by atoms with Crippen molar-refractivity contribution in [2.45, 2.75) is 57.4 Å². The topological polar surface area (TPSA) is 75.3 Å². The van der Waals surface area contributed by atoms with Gasteiger partial charge in [-0.25, -0.2) is 0 Å². The molecule has 0 bridgehead atoms. The minimum absolute atomic E-state index is 0.223. The maximum atomic E-state index is 12.5. The average molecular weight is 568 g/mol. The lowest BCUT2D eigenvalue weighted by Crippen LogP contribution is -2.66. The van der Waals surface area contributed by atoms with E-state index in [1.807, 2.05) is 121 Å². The van der Waals surface area contributed by atoms with Crippen LogP contribution in [0, 0.1) is 0 Å². The van der Waals surface area contributed by atoms with Gasteiger partial charge in [0.2, 0.25) is 12.2 Å². The first-order valence-corrected chi connectivity index (χ1v) is 14.2. The van der Waals surface area contributed by atoms with E-state index < -0.39 is 30.6 Å². The van der Waals surface area contributed by atoms with E-state index in [4.69, 9.17) is 23.7 Å². The molecule has 1 saturated heterocycles. The van der Waals surface area contributed by atoms with Crippen LogP contribution in [-0.4, -0.2) is 43.2 Å². The number of ether oxygens (including phenoxy) is 5. The van der Waals surface area contributed by atoms with Crippen molar-refractivity contribution >= 4 is 5.91 Å². The summed E-state index contributed by atoms with van der Waals surface area (Å²) in [6, 6.07) is 38.6. The van der Waals surface area contributed by atoms with Crippen LogP contribution < -0.4 is 10.1 Å². The van der Waals surface area contributed by atoms with E-state index in [0.29, 0.717) is 25.6 Å². The van der Waals surface area contributed by atoms with Gasteiger partial charge in [-0.05, 0) is 28.8 Å². The van der Waals surface area contributed by atoms with Gasteiger partial charge in [0.25, 0.3) is 0 Å². The zero-order valence-corrected chi connectivity index (χ0v) is 23.7. The van der Waals surface area contributed by atoms with E-state index in [0.717, 1.165) is 16.7 Å². The molecule has 1 heterocycles. The van der Waals surface area contributed by atoms with E-state index in [-0.39, 0.29) is 12.5 Å². The predicted octanol–water partition coefficient (Wildman–Crippen LogP) is 5.68. The summed E-state index contributed by atoms with van der Waals surface area (Å²) in [6.07, 6.45) is -2.57. The second kappa shape index (κ2) is 15.3. The summed E-state index contributed by atoms with van der Waals surface area (Å²) < 4.78 is 32.2. The third kappa shape index (κ3) is 8.50. The molecule has 218 valence electrons. The highest BCUT2D eigenvalue weighted by Crippen LogP contribution is 2.30. The molecule has 42 heavy (non-hydrogen) atoms. The molecule has 0 aromatic heterocycles. The summed E-state index contributed by atoms with van der Waals surface area (Å²) in [5.74, 6) is 0.395. The molecule has 1 fully saturated rings. The van der Waals surface area contributed by atoms with Crippen LogP contribution in [0.5, 0.6) is 5.75 Å². The Labute approximate surface area is 247 Å². The fourth-order valence-corrected chi connectivity index (χ4v) is 4.96. The molecule has 0 saturated carbocycles. The highest BCUT2D eigenvalue weighted by Gasteiger charge is 2.49. The molecular formula is C35H37NO6. The van der Waals surface area contributed by atoms with Gasteiger partial charge in [0.05, 0.1) is 26.4 Å². The molecule has 1 N–H and O–H groups in total. The summed E-state index contributed by atoms with van der Waals surface area (Å²) in [4.78, 5) is 12.5. The molecule has 0 spiro atoms. The number of carbonyl (C=O) groups excluding carboxylic acids is 1. The van der Waals surface area contributed by atoms with E-state index in [1.165, 1.54) is 6.92 Å². The Hall–Kier alpha value is -4.01. The number of carbonyl (C=O) groups is 1. The normalized spacial score (nSPS) is 21.9. The van der Waals surface area contributed by atoms with E-state index in [9.17, 15) is 4.79 Å². The molecule has 0 aliphatic carbocycles. The van der Waals surface area contributed by atoms with Gasteiger partial charge < -0.3 is 29.0 Å². The van der Waals surface area contributed by atoms with Crippen LogP contribution in [0.25, 0.3) is 0 Å². The van der Waals surface area contributed by atoms with Crippen molar-refractivity contribution in [3.8, 4) is 5.75 Å². The Morgan fingerprint density at radius 3 is 1.67 bits per heavy atom. The van der Waals surface area contributed by atoms with E-state index in [1.54, 1.807) is 0 Å². The third-order valence-electron chi connectivity index (χ3n) is 6.98. The van der Waals surface area contributed by atoms with E-state index >= 15 is 0 Å². The van der Waals surface area contributed by atoms with Crippen LogP contribution >= 0.6 is 0 Å². The summed E-state index contributed by atoms with van der Waals surface area (Å²) >= 11 is 0. The van der Waals surface area contributed by atoms with Gasteiger partial charge in [0.15, 0.2) is 0 Å². The number of para-hydroxylation sites is 1. The number of amides is 1. The molecule has 1 aliphatic heterocycles. The first-order valence-electron chi connectivity index (χ1n) is 14.2. The molecular weight excluding hydrogens is 530 g/mol. The second-order valence-electron chi connectivity index (χ2n) is 10.2. The Balaban J connectivity index is 1.44. The van der Waals surface area contributed by atoms with Gasteiger partial charge in [-0.15, -0.1) is 0 Å². The van der Waals surface area contributed by atoms with E-state index in [2.05, 4.69) is 5.32 Å². The first kappa shape index (κ1) is 29.5. The number of nitrogens with one attached hydrogen (secondary N) is 1. The zero-order valence-electron chi connectivity index (χ0n) is 23.7. The highest BCUT2D eigenvalue weighted by atomic mass is 16.7. The SMILES string of the molecule is CC(=O)N[C@H]1[C@@H](Oc2ccccc2)O[C@H](COCc2ccccc2)[C@H](OCc2ccccc2)[C@@H]1OCc1ccccc1. The van der Waals surface area contributed by atoms with Crippen molar-refractivity contribution in [3.05, 3.63) is 138 Å². The summed E-state index contributed by atoms with van der Waals surface area (Å²) in [7, 11) is 0. The lowest BCUT2D eigenvalue weighted by molar-refractivity contribution is -0.270. The van der Waals surface area contributed by atoms with Gasteiger partial charge in [0, 0.05) is 6.92 Å². The number of benzene rings is 4. The fourth-order valence-electron chi connectivity index (χ4n) is 4.96. The molecule has 0 unspecified atom stereocenters.